The maximum absolute atomic E-state index is 13.4. The smallest absolute Gasteiger partial charge is 0.223 e. The van der Waals surface area contributed by atoms with E-state index in [0.29, 0.717) is 19.1 Å². The standard InChI is InChI=1S/C42H58N4O8/c1-27(8-7-11-39(51)46(21-17-38(50)45(3)4)25-35(48)40(52)41(53)36(49)26-47)29-13-12-28(2)30(22-29)23-44-42(18-19-42)34-24-43-20-16-32(34)33-9-5-6-10-37(33)54-31-14-15-31/h5-6,9-10,12-13,16,20,22,24,27,31,35-36,40-41,44,47-49,52-53H,7-8,11,14-15,17-19,21,23,25-26H2,1-4H3. The van der Waals surface area contributed by atoms with Crippen LogP contribution in [0.3, 0.4) is 0 Å². The first kappa shape index (κ1) is 41.3. The third kappa shape index (κ3) is 10.6. The summed E-state index contributed by atoms with van der Waals surface area (Å²) in [5.74, 6) is 0.582. The Hall–Kier alpha value is -3.91. The number of aromatic nitrogens is 1. The summed E-state index contributed by atoms with van der Waals surface area (Å²) in [6, 6.07) is 16.9. The van der Waals surface area contributed by atoms with E-state index in [9.17, 15) is 30.0 Å². The molecular formula is C42H58N4O8. The van der Waals surface area contributed by atoms with Crippen LogP contribution in [0.25, 0.3) is 11.1 Å². The first-order valence-electron chi connectivity index (χ1n) is 19.2. The summed E-state index contributed by atoms with van der Waals surface area (Å²) in [6.07, 6.45) is 2.97. The number of aryl methyl sites for hydroxylation is 1. The molecule has 54 heavy (non-hydrogen) atoms. The first-order valence-corrected chi connectivity index (χ1v) is 19.2. The molecular weight excluding hydrogens is 688 g/mol. The number of hydrogen-bond acceptors (Lipinski definition) is 10. The monoisotopic (exact) mass is 746 g/mol. The molecule has 1 aromatic heterocycles. The van der Waals surface area contributed by atoms with Crippen LogP contribution in [-0.4, -0.2) is 116 Å². The van der Waals surface area contributed by atoms with E-state index in [1.807, 2.05) is 18.5 Å². The number of carbonyl (C=O) groups is 2. The van der Waals surface area contributed by atoms with Gasteiger partial charge in [-0.1, -0.05) is 43.3 Å². The lowest BCUT2D eigenvalue weighted by Crippen LogP contribution is -2.51. The fourth-order valence-electron chi connectivity index (χ4n) is 6.84. The van der Waals surface area contributed by atoms with E-state index in [4.69, 9.17) is 9.84 Å². The van der Waals surface area contributed by atoms with Gasteiger partial charge in [-0.15, -0.1) is 0 Å². The van der Waals surface area contributed by atoms with Crippen molar-refractivity contribution in [2.75, 3.05) is 33.8 Å². The molecule has 2 aliphatic carbocycles. The Morgan fingerprint density at radius 2 is 1.69 bits per heavy atom. The number of pyridine rings is 1. The Morgan fingerprint density at radius 3 is 2.37 bits per heavy atom. The van der Waals surface area contributed by atoms with E-state index in [-0.39, 0.29) is 49.2 Å². The topological polar surface area (TPSA) is 176 Å². The van der Waals surface area contributed by atoms with Gasteiger partial charge in [0, 0.05) is 70.1 Å². The number of benzene rings is 2. The van der Waals surface area contributed by atoms with Gasteiger partial charge in [0.15, 0.2) is 0 Å². The lowest BCUT2D eigenvalue weighted by Gasteiger charge is -2.31. The molecule has 2 amide bonds. The van der Waals surface area contributed by atoms with Crippen molar-refractivity contribution >= 4 is 11.8 Å². The van der Waals surface area contributed by atoms with Gasteiger partial charge in [0.25, 0.3) is 0 Å². The van der Waals surface area contributed by atoms with Gasteiger partial charge >= 0.3 is 0 Å². The summed E-state index contributed by atoms with van der Waals surface area (Å²) in [6.45, 7) is 3.82. The highest BCUT2D eigenvalue weighted by Gasteiger charge is 2.46. The highest BCUT2D eigenvalue weighted by Crippen LogP contribution is 2.50. The average molecular weight is 747 g/mol. The first-order chi connectivity index (χ1) is 25.8. The lowest BCUT2D eigenvalue weighted by molar-refractivity contribution is -0.141. The second-order valence-corrected chi connectivity index (χ2v) is 15.3. The zero-order chi connectivity index (χ0) is 39.0. The Bertz CT molecular complexity index is 1710. The Morgan fingerprint density at radius 1 is 0.963 bits per heavy atom. The average Bonchev–Trinajstić information content (AvgIpc) is 4.12. The number of aliphatic hydroxyl groups excluding tert-OH is 5. The van der Waals surface area contributed by atoms with Crippen LogP contribution in [0.4, 0.5) is 0 Å². The normalized spacial score (nSPS) is 17.6. The number of hydrogen-bond donors (Lipinski definition) is 6. The molecule has 2 fully saturated rings. The summed E-state index contributed by atoms with van der Waals surface area (Å²) >= 11 is 0. The predicted octanol–water partition coefficient (Wildman–Crippen LogP) is 3.39. The quantitative estimate of drug-likeness (QED) is 0.0948. The summed E-state index contributed by atoms with van der Waals surface area (Å²) < 4.78 is 6.28. The van der Waals surface area contributed by atoms with Gasteiger partial charge in [0.05, 0.1) is 12.7 Å². The molecule has 3 aromatic rings. The number of carbonyl (C=O) groups excluding carboxylic acids is 2. The fourth-order valence-corrected chi connectivity index (χ4v) is 6.84. The molecule has 0 spiro atoms. The molecule has 0 radical (unpaired) electrons. The number of para-hydroxylation sites is 1. The van der Waals surface area contributed by atoms with Crippen molar-refractivity contribution in [3.63, 3.8) is 0 Å². The van der Waals surface area contributed by atoms with E-state index >= 15 is 0 Å². The zero-order valence-electron chi connectivity index (χ0n) is 32.0. The number of ether oxygens (including phenoxy) is 1. The molecule has 0 bridgehead atoms. The van der Waals surface area contributed by atoms with Gasteiger partial charge in [-0.25, -0.2) is 0 Å². The molecule has 12 heteroatoms. The Kier molecular flexibility index (Phi) is 14.2. The summed E-state index contributed by atoms with van der Waals surface area (Å²) in [7, 11) is 3.22. The number of nitrogens with one attached hydrogen (secondary N) is 1. The highest BCUT2D eigenvalue weighted by atomic mass is 16.5. The van der Waals surface area contributed by atoms with Crippen LogP contribution in [0.2, 0.25) is 0 Å². The van der Waals surface area contributed by atoms with Crippen molar-refractivity contribution < 1.29 is 39.9 Å². The zero-order valence-corrected chi connectivity index (χ0v) is 32.0. The van der Waals surface area contributed by atoms with Crippen molar-refractivity contribution in [1.29, 1.82) is 0 Å². The largest absolute Gasteiger partial charge is 0.490 e. The van der Waals surface area contributed by atoms with E-state index in [0.717, 1.165) is 49.0 Å². The number of rotatable bonds is 21. The molecule has 5 rings (SSSR count). The van der Waals surface area contributed by atoms with Gasteiger partial charge in [0.1, 0.15) is 30.2 Å². The van der Waals surface area contributed by atoms with E-state index in [1.54, 1.807) is 14.1 Å². The maximum Gasteiger partial charge on any atom is 0.223 e. The lowest BCUT2D eigenvalue weighted by atomic mass is 9.91. The van der Waals surface area contributed by atoms with Crippen LogP contribution in [0.5, 0.6) is 5.75 Å². The van der Waals surface area contributed by atoms with Crippen molar-refractivity contribution in [2.24, 2.45) is 0 Å². The second kappa shape index (κ2) is 18.6. The maximum atomic E-state index is 13.4. The summed E-state index contributed by atoms with van der Waals surface area (Å²) in [5.41, 5.74) is 6.83. The molecule has 5 unspecified atom stereocenters. The molecule has 1 heterocycles. The van der Waals surface area contributed by atoms with Gasteiger partial charge < -0.3 is 45.4 Å². The summed E-state index contributed by atoms with van der Waals surface area (Å²) in [4.78, 5) is 32.9. The van der Waals surface area contributed by atoms with Crippen LogP contribution in [0.1, 0.15) is 86.5 Å². The predicted molar refractivity (Wildman–Crippen MR) is 206 cm³/mol. The van der Waals surface area contributed by atoms with E-state index < -0.39 is 31.0 Å². The van der Waals surface area contributed by atoms with Crippen LogP contribution >= 0.6 is 0 Å². The van der Waals surface area contributed by atoms with Gasteiger partial charge in [-0.05, 0) is 91.3 Å². The molecule has 0 saturated heterocycles. The van der Waals surface area contributed by atoms with Crippen LogP contribution in [-0.2, 0) is 21.7 Å². The van der Waals surface area contributed by atoms with Gasteiger partial charge in [-0.3, -0.25) is 14.6 Å². The van der Waals surface area contributed by atoms with Crippen LogP contribution in [0, 0.1) is 6.92 Å². The third-order valence-corrected chi connectivity index (χ3v) is 10.8. The molecule has 12 nitrogen and oxygen atoms in total. The van der Waals surface area contributed by atoms with Gasteiger partial charge in [0.2, 0.25) is 11.8 Å². The van der Waals surface area contributed by atoms with Crippen molar-refractivity contribution in [3.8, 4) is 16.9 Å². The SMILES string of the molecule is Cc1ccc(C(C)CCCC(=O)N(CCC(=O)N(C)C)CC(O)C(O)C(O)C(O)CO)cc1CNC1(c2cnccc2-c2ccccc2OC2CC2)CC1. The van der Waals surface area contributed by atoms with Crippen molar-refractivity contribution in [3.05, 3.63) is 83.2 Å². The van der Waals surface area contributed by atoms with Crippen LogP contribution in [0.15, 0.2) is 60.9 Å². The number of amides is 2. The van der Waals surface area contributed by atoms with E-state index in [2.05, 4.69) is 66.6 Å². The molecule has 294 valence electrons. The van der Waals surface area contributed by atoms with Crippen LogP contribution < -0.4 is 10.1 Å². The molecule has 5 atom stereocenters. The van der Waals surface area contributed by atoms with E-state index in [1.165, 1.54) is 32.1 Å². The Labute approximate surface area is 318 Å². The number of nitrogens with zero attached hydrogens (tertiary/aromatic N) is 3. The number of aliphatic hydroxyl groups is 5. The molecule has 6 N–H and O–H groups in total. The van der Waals surface area contributed by atoms with Gasteiger partial charge in [-0.2, -0.15) is 0 Å². The minimum absolute atomic E-state index is 0.0188. The molecule has 2 aromatic carbocycles. The second-order valence-electron chi connectivity index (χ2n) is 15.3. The van der Waals surface area contributed by atoms with Crippen molar-refractivity contribution in [1.82, 2.24) is 20.1 Å². The molecule has 2 aliphatic rings. The third-order valence-electron chi connectivity index (χ3n) is 10.8. The summed E-state index contributed by atoms with van der Waals surface area (Å²) in [5, 5.41) is 53.7. The molecule has 2 saturated carbocycles. The Balaban J connectivity index is 1.20. The highest BCUT2D eigenvalue weighted by molar-refractivity contribution is 5.79. The fraction of sp³-hybridized carbons (Fsp3) is 0.548. The minimum Gasteiger partial charge on any atom is -0.490 e. The van der Waals surface area contributed by atoms with Crippen molar-refractivity contribution in [2.45, 2.75) is 114 Å². The molecule has 0 aliphatic heterocycles. The minimum atomic E-state index is -1.81.